The van der Waals surface area contributed by atoms with Crippen LogP contribution in [0.25, 0.3) is 0 Å². The number of halogens is 1. The zero-order chi connectivity index (χ0) is 16.5. The van der Waals surface area contributed by atoms with Gasteiger partial charge in [0, 0.05) is 42.0 Å². The molecule has 0 spiro atoms. The Morgan fingerprint density at radius 3 is 2.43 bits per heavy atom. The van der Waals surface area contributed by atoms with Gasteiger partial charge >= 0.3 is 0 Å². The summed E-state index contributed by atoms with van der Waals surface area (Å²) in [7, 11) is 1.87. The maximum absolute atomic E-state index is 12.5. The molecule has 5 heteroatoms. The Morgan fingerprint density at radius 2 is 1.87 bits per heavy atom. The molecule has 1 aromatic heterocycles. The number of aliphatic hydroxyl groups is 1. The Morgan fingerprint density at radius 1 is 1.17 bits per heavy atom. The van der Waals surface area contributed by atoms with Gasteiger partial charge in [-0.15, -0.1) is 0 Å². The summed E-state index contributed by atoms with van der Waals surface area (Å²) in [5.41, 5.74) is 2.71. The highest BCUT2D eigenvalue weighted by atomic mass is 19.1. The molecule has 120 valence electrons. The fourth-order valence-electron chi connectivity index (χ4n) is 1.75. The molecule has 0 amide bonds. The summed E-state index contributed by atoms with van der Waals surface area (Å²) < 4.78 is 17.8. The Labute approximate surface area is 135 Å². The van der Waals surface area contributed by atoms with E-state index in [0.717, 1.165) is 16.8 Å². The first-order valence-corrected chi connectivity index (χ1v) is 7.30. The number of pyridine rings is 1. The summed E-state index contributed by atoms with van der Waals surface area (Å²) >= 11 is 0. The Kier molecular flexibility index (Phi) is 6.40. The van der Waals surface area contributed by atoms with E-state index in [1.54, 1.807) is 18.3 Å². The predicted octanol–water partition coefficient (Wildman–Crippen LogP) is 2.48. The van der Waals surface area contributed by atoms with Crippen molar-refractivity contribution in [3.05, 3.63) is 53.7 Å². The Bertz CT molecular complexity index is 656. The molecule has 1 atom stereocenters. The maximum atomic E-state index is 12.5. The zero-order valence-electron chi connectivity index (χ0n) is 12.9. The van der Waals surface area contributed by atoms with Crippen molar-refractivity contribution in [2.45, 2.75) is 0 Å². The molecule has 0 saturated carbocycles. The molecule has 0 bridgehead atoms. The molecule has 2 aromatic rings. The first kappa shape index (κ1) is 16.8. The van der Waals surface area contributed by atoms with Crippen molar-refractivity contribution in [3.8, 4) is 17.7 Å². The third-order valence-corrected chi connectivity index (χ3v) is 3.20. The van der Waals surface area contributed by atoms with E-state index in [1.807, 2.05) is 31.3 Å². The van der Waals surface area contributed by atoms with E-state index in [2.05, 4.69) is 22.1 Å². The van der Waals surface area contributed by atoms with Crippen molar-refractivity contribution in [1.82, 2.24) is 4.98 Å². The van der Waals surface area contributed by atoms with Crippen LogP contribution in [0.5, 0.6) is 5.88 Å². The highest BCUT2D eigenvalue weighted by Crippen LogP contribution is 2.10. The fourth-order valence-corrected chi connectivity index (χ4v) is 1.75. The topological polar surface area (TPSA) is 54.4 Å². The van der Waals surface area contributed by atoms with Crippen LogP contribution in [0, 0.1) is 17.8 Å². The van der Waals surface area contributed by atoms with Gasteiger partial charge in [0.15, 0.2) is 0 Å². The third kappa shape index (κ3) is 5.28. The molecule has 4 nitrogen and oxygen atoms in total. The minimum atomic E-state index is -0.619. The summed E-state index contributed by atoms with van der Waals surface area (Å²) in [5.74, 6) is 5.96. The second-order valence-electron chi connectivity index (χ2n) is 4.98. The molecular weight excluding hydrogens is 295 g/mol. The largest absolute Gasteiger partial charge is 0.477 e. The highest BCUT2D eigenvalue weighted by molar-refractivity contribution is 5.49. The van der Waals surface area contributed by atoms with Crippen molar-refractivity contribution in [2.24, 2.45) is 5.92 Å². The van der Waals surface area contributed by atoms with Gasteiger partial charge in [0.1, 0.15) is 0 Å². The van der Waals surface area contributed by atoms with Crippen LogP contribution < -0.4 is 10.1 Å². The van der Waals surface area contributed by atoms with E-state index in [9.17, 15) is 4.39 Å². The van der Waals surface area contributed by atoms with Crippen LogP contribution in [0.3, 0.4) is 0 Å². The van der Waals surface area contributed by atoms with Crippen LogP contribution in [0.2, 0.25) is 0 Å². The van der Waals surface area contributed by atoms with Crippen LogP contribution in [-0.2, 0) is 0 Å². The number of alkyl halides is 1. The highest BCUT2D eigenvalue weighted by Gasteiger charge is 2.08. The number of rotatable bonds is 6. The standard InChI is InChI=1S/C18H19FN2O2/c1-20-17-7-4-14(5-8-17)2-3-15-6-9-18(21-11-15)23-13-16(10-19)12-22/h4-9,11,16,20,22H,10,12-13H2,1H3. The lowest BCUT2D eigenvalue weighted by atomic mass is 10.2. The van der Waals surface area contributed by atoms with Crippen LogP contribution in [0.15, 0.2) is 42.6 Å². The van der Waals surface area contributed by atoms with E-state index < -0.39 is 12.6 Å². The SMILES string of the molecule is CNc1ccc(C#Cc2ccc(OCC(CO)CF)nc2)cc1. The first-order chi connectivity index (χ1) is 11.2. The number of hydrogen-bond acceptors (Lipinski definition) is 4. The first-order valence-electron chi connectivity index (χ1n) is 7.30. The lowest BCUT2D eigenvalue weighted by Gasteiger charge is -2.10. The van der Waals surface area contributed by atoms with Gasteiger partial charge in [-0.25, -0.2) is 4.98 Å². The van der Waals surface area contributed by atoms with E-state index in [0.29, 0.717) is 5.88 Å². The molecule has 1 unspecified atom stereocenters. The van der Waals surface area contributed by atoms with Crippen molar-refractivity contribution < 1.29 is 14.2 Å². The second kappa shape index (κ2) is 8.76. The number of aliphatic hydroxyl groups excluding tert-OH is 1. The van der Waals surface area contributed by atoms with E-state index in [4.69, 9.17) is 9.84 Å². The minimum Gasteiger partial charge on any atom is -0.477 e. The van der Waals surface area contributed by atoms with Gasteiger partial charge in [0.25, 0.3) is 0 Å². The molecule has 0 radical (unpaired) electrons. The average Bonchev–Trinajstić information content (AvgIpc) is 2.62. The molecule has 0 aliphatic heterocycles. The minimum absolute atomic E-state index is 0.100. The van der Waals surface area contributed by atoms with Gasteiger partial charge in [0.2, 0.25) is 5.88 Å². The molecule has 2 N–H and O–H groups in total. The summed E-state index contributed by atoms with van der Waals surface area (Å²) in [4.78, 5) is 4.12. The lowest BCUT2D eigenvalue weighted by Crippen LogP contribution is -2.18. The van der Waals surface area contributed by atoms with E-state index in [1.165, 1.54) is 0 Å². The normalized spacial score (nSPS) is 11.3. The predicted molar refractivity (Wildman–Crippen MR) is 88.3 cm³/mol. The molecule has 23 heavy (non-hydrogen) atoms. The average molecular weight is 314 g/mol. The van der Waals surface area contributed by atoms with Gasteiger partial charge in [-0.2, -0.15) is 0 Å². The molecule has 2 rings (SSSR count). The number of hydrogen-bond donors (Lipinski definition) is 2. The molecular formula is C18H19FN2O2. The summed E-state index contributed by atoms with van der Waals surface area (Å²) in [6.07, 6.45) is 1.60. The number of benzene rings is 1. The zero-order valence-corrected chi connectivity index (χ0v) is 12.9. The molecule has 1 heterocycles. The lowest BCUT2D eigenvalue weighted by molar-refractivity contribution is 0.137. The summed E-state index contributed by atoms with van der Waals surface area (Å²) in [6, 6.07) is 11.3. The number of nitrogens with zero attached hydrogens (tertiary/aromatic N) is 1. The van der Waals surface area contributed by atoms with Crippen molar-refractivity contribution >= 4 is 5.69 Å². The van der Waals surface area contributed by atoms with Gasteiger partial charge in [-0.3, -0.25) is 4.39 Å². The third-order valence-electron chi connectivity index (χ3n) is 3.20. The molecule has 0 fully saturated rings. The quantitative estimate of drug-likeness (QED) is 0.804. The molecule has 1 aromatic carbocycles. The molecule has 0 aliphatic carbocycles. The van der Waals surface area contributed by atoms with Gasteiger partial charge in [-0.1, -0.05) is 11.8 Å². The van der Waals surface area contributed by atoms with Crippen LogP contribution in [0.1, 0.15) is 11.1 Å². The van der Waals surface area contributed by atoms with Crippen molar-refractivity contribution in [2.75, 3.05) is 32.3 Å². The molecule has 0 aliphatic rings. The monoisotopic (exact) mass is 314 g/mol. The van der Waals surface area contributed by atoms with Crippen molar-refractivity contribution in [1.29, 1.82) is 0 Å². The fraction of sp³-hybridized carbons (Fsp3) is 0.278. The van der Waals surface area contributed by atoms with Crippen LogP contribution in [-0.4, -0.2) is 37.0 Å². The number of nitrogens with one attached hydrogen (secondary N) is 1. The van der Waals surface area contributed by atoms with E-state index in [-0.39, 0.29) is 13.2 Å². The second-order valence-corrected chi connectivity index (χ2v) is 4.98. The van der Waals surface area contributed by atoms with Crippen LogP contribution >= 0.6 is 0 Å². The van der Waals surface area contributed by atoms with Gasteiger partial charge in [0.05, 0.1) is 19.9 Å². The van der Waals surface area contributed by atoms with Crippen molar-refractivity contribution in [3.63, 3.8) is 0 Å². The maximum Gasteiger partial charge on any atom is 0.213 e. The Hall–Kier alpha value is -2.58. The van der Waals surface area contributed by atoms with Gasteiger partial charge in [-0.05, 0) is 30.3 Å². The summed E-state index contributed by atoms with van der Waals surface area (Å²) in [6.45, 7) is -0.762. The van der Waals surface area contributed by atoms with E-state index >= 15 is 0 Å². The summed E-state index contributed by atoms with van der Waals surface area (Å²) in [5, 5.41) is 11.9. The number of ether oxygens (including phenoxy) is 1. The Balaban J connectivity index is 1.95. The smallest absolute Gasteiger partial charge is 0.213 e. The van der Waals surface area contributed by atoms with Gasteiger partial charge < -0.3 is 15.2 Å². The number of anilines is 1. The van der Waals surface area contributed by atoms with Crippen LogP contribution in [0.4, 0.5) is 10.1 Å². The number of aromatic nitrogens is 1. The molecule has 0 saturated heterocycles.